The molecule has 112 valence electrons. The van der Waals surface area contributed by atoms with Crippen LogP contribution < -0.4 is 11.1 Å². The van der Waals surface area contributed by atoms with E-state index in [2.05, 4.69) is 5.32 Å². The van der Waals surface area contributed by atoms with Crippen molar-refractivity contribution < 1.29 is 37.8 Å². The Balaban J connectivity index is 0. The van der Waals surface area contributed by atoms with Gasteiger partial charge in [-0.3, -0.25) is 9.59 Å². The molecule has 0 fully saturated rings. The Kier molecular flexibility index (Phi) is 8.89. The van der Waals surface area contributed by atoms with Gasteiger partial charge in [-0.05, 0) is 6.92 Å². The van der Waals surface area contributed by atoms with Crippen molar-refractivity contribution in [3.8, 4) is 0 Å². The number of carboxylic acids is 2. The van der Waals surface area contributed by atoms with Crippen molar-refractivity contribution in [3.05, 3.63) is 0 Å². The second-order valence-corrected chi connectivity index (χ2v) is 3.44. The molecule has 0 aliphatic carbocycles. The van der Waals surface area contributed by atoms with Crippen molar-refractivity contribution in [2.45, 2.75) is 25.2 Å². The molecule has 0 saturated heterocycles. The first-order valence-corrected chi connectivity index (χ1v) is 5.11. The second-order valence-electron chi connectivity index (χ2n) is 3.13. The number of rotatable bonds is 4. The molecule has 0 spiro atoms. The maximum atomic E-state index is 10.9. The van der Waals surface area contributed by atoms with Gasteiger partial charge in [0.05, 0.1) is 6.04 Å². The third-order valence-corrected chi connectivity index (χ3v) is 1.81. The minimum absolute atomic E-state index is 0.0296. The number of carbonyl (C=O) groups excluding carboxylic acids is 1. The first-order chi connectivity index (χ1) is 8.43. The highest BCUT2D eigenvalue weighted by Gasteiger charge is 2.38. The van der Waals surface area contributed by atoms with Crippen molar-refractivity contribution in [1.29, 1.82) is 0 Å². The summed E-state index contributed by atoms with van der Waals surface area (Å²) in [7, 11) is 0. The minimum atomic E-state index is -5.08. The lowest BCUT2D eigenvalue weighted by molar-refractivity contribution is -0.192. The number of nitrogens with one attached hydrogen (secondary N) is 1. The van der Waals surface area contributed by atoms with E-state index in [0.717, 1.165) is 0 Å². The van der Waals surface area contributed by atoms with E-state index < -0.39 is 36.1 Å². The van der Waals surface area contributed by atoms with Gasteiger partial charge in [0.2, 0.25) is 5.91 Å². The quantitative estimate of drug-likeness (QED) is 0.531. The molecule has 7 nitrogen and oxygen atoms in total. The molecule has 0 aliphatic heterocycles. The van der Waals surface area contributed by atoms with Crippen molar-refractivity contribution in [3.63, 3.8) is 0 Å². The van der Waals surface area contributed by atoms with Crippen LogP contribution in [0, 0.1) is 0 Å². The third kappa shape index (κ3) is 10.1. The van der Waals surface area contributed by atoms with Gasteiger partial charge in [-0.15, -0.1) is 11.6 Å². The largest absolute Gasteiger partial charge is 0.490 e. The van der Waals surface area contributed by atoms with Crippen molar-refractivity contribution in [1.82, 2.24) is 5.32 Å². The smallest absolute Gasteiger partial charge is 0.480 e. The Labute approximate surface area is 110 Å². The second kappa shape index (κ2) is 8.53. The highest BCUT2D eigenvalue weighted by atomic mass is 35.5. The first kappa shape index (κ1) is 19.8. The fourth-order valence-electron chi connectivity index (χ4n) is 0.452. The summed E-state index contributed by atoms with van der Waals surface area (Å²) in [6.45, 7) is 1.35. The van der Waals surface area contributed by atoms with Gasteiger partial charge in [-0.25, -0.2) is 4.79 Å². The molecule has 1 amide bonds. The Morgan fingerprint density at radius 3 is 1.89 bits per heavy atom. The summed E-state index contributed by atoms with van der Waals surface area (Å²) < 4.78 is 31.7. The van der Waals surface area contributed by atoms with Gasteiger partial charge in [0, 0.05) is 5.88 Å². The summed E-state index contributed by atoms with van der Waals surface area (Å²) >= 11 is 5.28. The number of aliphatic carboxylic acids is 2. The zero-order valence-electron chi connectivity index (χ0n) is 9.57. The topological polar surface area (TPSA) is 130 Å². The van der Waals surface area contributed by atoms with Crippen LogP contribution in [-0.2, 0) is 14.4 Å². The van der Waals surface area contributed by atoms with Gasteiger partial charge in [0.15, 0.2) is 0 Å². The van der Waals surface area contributed by atoms with E-state index >= 15 is 0 Å². The number of alkyl halides is 4. The first-order valence-electron chi connectivity index (χ1n) is 4.58. The summed E-state index contributed by atoms with van der Waals surface area (Å²) in [5.41, 5.74) is 5.23. The maximum absolute atomic E-state index is 10.9. The van der Waals surface area contributed by atoms with E-state index in [1.165, 1.54) is 6.92 Å². The van der Waals surface area contributed by atoms with Crippen molar-refractivity contribution in [2.24, 2.45) is 5.73 Å². The molecule has 0 unspecified atom stereocenters. The molecule has 0 aliphatic rings. The van der Waals surface area contributed by atoms with E-state index in [-0.39, 0.29) is 5.88 Å². The standard InChI is InChI=1S/C6H11ClN2O3.C2HF3O2/c1-3(6(11)12)9-5(10)4(8)2-7;3-2(4,5)1(6)7/h3-4H,2,8H2,1H3,(H,9,10)(H,11,12);(H,6,7)/t3-,4-;/m1./s1. The number of hydrogen-bond acceptors (Lipinski definition) is 4. The van der Waals surface area contributed by atoms with Crippen molar-refractivity contribution in [2.75, 3.05) is 5.88 Å². The van der Waals surface area contributed by atoms with Crippen LogP contribution in [-0.4, -0.2) is 52.2 Å². The number of carboxylic acid groups (broad SMARTS) is 2. The van der Waals surface area contributed by atoms with Crippen LogP contribution >= 0.6 is 11.6 Å². The molecule has 11 heteroatoms. The Morgan fingerprint density at radius 1 is 1.32 bits per heavy atom. The number of halogens is 4. The number of amides is 1. The summed E-state index contributed by atoms with van der Waals surface area (Å²) in [5.74, 6) is -4.45. The predicted molar refractivity (Wildman–Crippen MR) is 57.6 cm³/mol. The molecule has 0 aromatic heterocycles. The minimum Gasteiger partial charge on any atom is -0.480 e. The third-order valence-electron chi connectivity index (χ3n) is 1.47. The van der Waals surface area contributed by atoms with E-state index in [1.54, 1.807) is 0 Å². The summed E-state index contributed by atoms with van der Waals surface area (Å²) in [6.07, 6.45) is -5.08. The van der Waals surface area contributed by atoms with Crippen LogP contribution in [0.25, 0.3) is 0 Å². The van der Waals surface area contributed by atoms with Gasteiger partial charge >= 0.3 is 18.1 Å². The highest BCUT2D eigenvalue weighted by Crippen LogP contribution is 2.13. The number of nitrogens with two attached hydrogens (primary N) is 1. The molecule has 0 saturated carbocycles. The van der Waals surface area contributed by atoms with Crippen LogP contribution in [0.1, 0.15) is 6.92 Å². The van der Waals surface area contributed by atoms with Crippen molar-refractivity contribution >= 4 is 29.4 Å². The Morgan fingerprint density at radius 2 is 1.68 bits per heavy atom. The normalized spacial score (nSPS) is 13.6. The van der Waals surface area contributed by atoms with Crippen LogP contribution in [0.5, 0.6) is 0 Å². The van der Waals surface area contributed by atoms with Gasteiger partial charge in [-0.2, -0.15) is 13.2 Å². The molecule has 2 atom stereocenters. The van der Waals surface area contributed by atoms with E-state index in [9.17, 15) is 22.8 Å². The molecule has 0 aromatic rings. The summed E-state index contributed by atoms with van der Waals surface area (Å²) in [4.78, 5) is 30.1. The van der Waals surface area contributed by atoms with Crippen LogP contribution in [0.3, 0.4) is 0 Å². The monoisotopic (exact) mass is 308 g/mol. The maximum Gasteiger partial charge on any atom is 0.490 e. The average molecular weight is 309 g/mol. The molecular weight excluding hydrogens is 297 g/mol. The van der Waals surface area contributed by atoms with E-state index in [0.29, 0.717) is 0 Å². The van der Waals surface area contributed by atoms with Gasteiger partial charge in [-0.1, -0.05) is 0 Å². The van der Waals surface area contributed by atoms with Crippen LogP contribution in [0.2, 0.25) is 0 Å². The lowest BCUT2D eigenvalue weighted by atomic mass is 10.3. The fraction of sp³-hybridized carbons (Fsp3) is 0.625. The van der Waals surface area contributed by atoms with Gasteiger partial charge in [0.25, 0.3) is 0 Å². The average Bonchev–Trinajstić information content (AvgIpc) is 2.27. The molecule has 0 aromatic carbocycles. The molecular formula is C8H12ClF3N2O5. The van der Waals surface area contributed by atoms with Crippen LogP contribution in [0.15, 0.2) is 0 Å². The Bertz CT molecular complexity index is 337. The number of hydrogen-bond donors (Lipinski definition) is 4. The highest BCUT2D eigenvalue weighted by molar-refractivity contribution is 6.19. The lowest BCUT2D eigenvalue weighted by Gasteiger charge is -2.11. The molecule has 0 bridgehead atoms. The predicted octanol–water partition coefficient (Wildman–Crippen LogP) is -0.225. The summed E-state index contributed by atoms with van der Waals surface area (Å²) in [6, 6.07) is -1.79. The molecule has 0 radical (unpaired) electrons. The molecule has 0 heterocycles. The lowest BCUT2D eigenvalue weighted by Crippen LogP contribution is -2.47. The van der Waals surface area contributed by atoms with Crippen LogP contribution in [0.4, 0.5) is 13.2 Å². The SMILES string of the molecule is C[C@@H](NC(=O)[C@H](N)CCl)C(=O)O.O=C(O)C(F)(F)F. The number of carbonyl (C=O) groups is 3. The Hall–Kier alpha value is -1.55. The van der Waals surface area contributed by atoms with E-state index in [1.807, 2.05) is 0 Å². The van der Waals surface area contributed by atoms with Gasteiger partial charge < -0.3 is 21.3 Å². The van der Waals surface area contributed by atoms with Gasteiger partial charge in [0.1, 0.15) is 6.04 Å². The molecule has 19 heavy (non-hydrogen) atoms. The zero-order valence-corrected chi connectivity index (χ0v) is 10.3. The molecule has 5 N–H and O–H groups in total. The molecule has 0 rings (SSSR count). The summed E-state index contributed by atoms with van der Waals surface area (Å²) in [5, 5.41) is 17.7. The van der Waals surface area contributed by atoms with E-state index in [4.69, 9.17) is 32.3 Å². The zero-order chi connectivity index (χ0) is 15.8. The fourth-order valence-corrected chi connectivity index (χ4v) is 0.592.